The minimum absolute atomic E-state index is 0.0337. The van der Waals surface area contributed by atoms with Gasteiger partial charge in [-0.15, -0.1) is 6.58 Å². The monoisotopic (exact) mass is 305 g/mol. The largest absolute Gasteiger partial charge is 0.449 e. The maximum atomic E-state index is 12.5. The number of allylic oxidation sites excluding steroid dienone is 1. The van der Waals surface area contributed by atoms with Crippen molar-refractivity contribution < 1.29 is 9.53 Å². The molecule has 0 saturated heterocycles. The molecule has 7 heteroatoms. The van der Waals surface area contributed by atoms with E-state index in [0.29, 0.717) is 23.0 Å². The Labute approximate surface area is 126 Å². The number of H-pyrrole nitrogens is 1. The number of fused-ring (bicyclic) bond motifs is 1. The van der Waals surface area contributed by atoms with Gasteiger partial charge in [0.25, 0.3) is 5.56 Å². The second-order valence-electron chi connectivity index (χ2n) is 4.42. The summed E-state index contributed by atoms with van der Waals surface area (Å²) in [6, 6.07) is 1.79. The molecular weight excluding hydrogens is 290 g/mol. The summed E-state index contributed by atoms with van der Waals surface area (Å²) in [4.78, 5) is 31.4. The lowest BCUT2D eigenvalue weighted by Gasteiger charge is -2.09. The highest BCUT2D eigenvalue weighted by Crippen LogP contribution is 2.13. The molecule has 0 radical (unpaired) electrons. The summed E-state index contributed by atoms with van der Waals surface area (Å²) in [5.74, 6) is 0. The number of carbonyl (C=O) groups excluding carboxylic acids is 1. The van der Waals surface area contributed by atoms with Gasteiger partial charge in [-0.1, -0.05) is 6.08 Å². The standard InChI is InChI=1S/C14H15N3O3S/c1-4-6-9-7-8(3)10-11(15-9)16-13(21)17(12(10)18)14(19)20-5-2/h4,7H,1,5-6H2,2-3H3,(H,15,16,21). The van der Waals surface area contributed by atoms with Crippen molar-refractivity contribution in [2.45, 2.75) is 20.3 Å². The molecule has 2 rings (SSSR count). The van der Waals surface area contributed by atoms with Gasteiger partial charge >= 0.3 is 6.09 Å². The average molecular weight is 305 g/mol. The molecule has 110 valence electrons. The highest BCUT2D eigenvalue weighted by atomic mass is 32.1. The Hall–Kier alpha value is -2.28. The SMILES string of the molecule is C=CCc1cc(C)c2c(=O)n(C(=O)OCC)c(=S)[nH]c2n1. The third-order valence-corrected chi connectivity index (χ3v) is 3.20. The summed E-state index contributed by atoms with van der Waals surface area (Å²) < 4.78 is 5.62. The molecule has 0 aromatic carbocycles. The number of carbonyl (C=O) groups is 1. The Morgan fingerprint density at radius 3 is 2.95 bits per heavy atom. The fourth-order valence-electron chi connectivity index (χ4n) is 2.07. The smallest absolute Gasteiger partial charge is 0.423 e. The minimum atomic E-state index is -0.791. The molecule has 6 nitrogen and oxygen atoms in total. The van der Waals surface area contributed by atoms with Crippen LogP contribution >= 0.6 is 12.2 Å². The predicted molar refractivity (Wildman–Crippen MR) is 82.2 cm³/mol. The van der Waals surface area contributed by atoms with E-state index in [1.165, 1.54) is 0 Å². The third kappa shape index (κ3) is 2.78. The molecular formula is C14H15N3O3S. The first kappa shape index (κ1) is 15.1. The second kappa shape index (κ2) is 6.01. The Morgan fingerprint density at radius 1 is 1.62 bits per heavy atom. The second-order valence-corrected chi connectivity index (χ2v) is 4.80. The van der Waals surface area contributed by atoms with E-state index in [-0.39, 0.29) is 11.4 Å². The first-order valence-electron chi connectivity index (χ1n) is 6.43. The lowest BCUT2D eigenvalue weighted by molar-refractivity contribution is 0.152. The van der Waals surface area contributed by atoms with Crippen molar-refractivity contribution in [2.75, 3.05) is 6.61 Å². The summed E-state index contributed by atoms with van der Waals surface area (Å²) in [7, 11) is 0. The summed E-state index contributed by atoms with van der Waals surface area (Å²) in [6.07, 6.45) is 1.51. The number of hydrogen-bond acceptors (Lipinski definition) is 5. The fraction of sp³-hybridized carbons (Fsp3) is 0.286. The van der Waals surface area contributed by atoms with Crippen LogP contribution in [0.5, 0.6) is 0 Å². The van der Waals surface area contributed by atoms with E-state index in [0.717, 1.165) is 10.3 Å². The van der Waals surface area contributed by atoms with Crippen LogP contribution in [0.25, 0.3) is 11.0 Å². The van der Waals surface area contributed by atoms with Crippen molar-refractivity contribution in [2.24, 2.45) is 0 Å². The van der Waals surface area contributed by atoms with Crippen molar-refractivity contribution in [1.29, 1.82) is 0 Å². The van der Waals surface area contributed by atoms with Crippen molar-refractivity contribution in [3.63, 3.8) is 0 Å². The molecule has 0 spiro atoms. The lowest BCUT2D eigenvalue weighted by atomic mass is 10.1. The number of pyridine rings is 1. The Bertz CT molecular complexity index is 836. The fourth-order valence-corrected chi connectivity index (χ4v) is 2.32. The van der Waals surface area contributed by atoms with E-state index in [2.05, 4.69) is 16.5 Å². The molecule has 0 aliphatic heterocycles. The zero-order valence-electron chi connectivity index (χ0n) is 11.8. The van der Waals surface area contributed by atoms with Crippen LogP contribution in [0, 0.1) is 11.7 Å². The van der Waals surface area contributed by atoms with Crippen LogP contribution < -0.4 is 5.56 Å². The number of ether oxygens (including phenoxy) is 1. The summed E-state index contributed by atoms with van der Waals surface area (Å²) in [6.45, 7) is 7.26. The molecule has 2 aromatic rings. The van der Waals surface area contributed by atoms with E-state index >= 15 is 0 Å². The van der Waals surface area contributed by atoms with Crippen LogP contribution in [0.15, 0.2) is 23.5 Å². The molecule has 21 heavy (non-hydrogen) atoms. The summed E-state index contributed by atoms with van der Waals surface area (Å²) in [5.41, 5.74) is 1.32. The van der Waals surface area contributed by atoms with Crippen molar-refractivity contribution >= 4 is 29.3 Å². The molecule has 1 N–H and O–H groups in total. The molecule has 0 saturated carbocycles. The number of nitrogens with zero attached hydrogens (tertiary/aromatic N) is 2. The van der Waals surface area contributed by atoms with Gasteiger partial charge < -0.3 is 9.72 Å². The van der Waals surface area contributed by atoms with Gasteiger partial charge in [0, 0.05) is 12.1 Å². The van der Waals surface area contributed by atoms with Crippen molar-refractivity contribution in [1.82, 2.24) is 14.5 Å². The van der Waals surface area contributed by atoms with Crippen LogP contribution in [0.1, 0.15) is 18.2 Å². The van der Waals surface area contributed by atoms with Crippen LogP contribution in [0.4, 0.5) is 4.79 Å². The van der Waals surface area contributed by atoms with Crippen molar-refractivity contribution in [3.05, 3.63) is 45.1 Å². The number of aryl methyl sites for hydroxylation is 1. The number of aromatic amines is 1. The average Bonchev–Trinajstić information content (AvgIpc) is 2.38. The van der Waals surface area contributed by atoms with Gasteiger partial charge in [0.05, 0.1) is 12.0 Å². The summed E-state index contributed by atoms with van der Waals surface area (Å²) in [5, 5.41) is 0.324. The van der Waals surface area contributed by atoms with Gasteiger partial charge in [-0.3, -0.25) is 4.79 Å². The maximum absolute atomic E-state index is 12.5. The van der Waals surface area contributed by atoms with Gasteiger partial charge in [-0.25, -0.2) is 9.78 Å². The van der Waals surface area contributed by atoms with E-state index in [1.807, 2.05) is 0 Å². The normalized spacial score (nSPS) is 10.6. The molecule has 0 bridgehead atoms. The third-order valence-electron chi connectivity index (χ3n) is 2.92. The first-order valence-corrected chi connectivity index (χ1v) is 6.84. The topological polar surface area (TPSA) is 77.0 Å². The van der Waals surface area contributed by atoms with Crippen LogP contribution in [0.2, 0.25) is 0 Å². The van der Waals surface area contributed by atoms with Gasteiger partial charge in [0.2, 0.25) is 0 Å². The van der Waals surface area contributed by atoms with Gasteiger partial charge in [-0.05, 0) is 37.7 Å². The van der Waals surface area contributed by atoms with Crippen LogP contribution in [0.3, 0.4) is 0 Å². The molecule has 0 fully saturated rings. The van der Waals surface area contributed by atoms with Gasteiger partial charge in [0.15, 0.2) is 4.77 Å². The summed E-state index contributed by atoms with van der Waals surface area (Å²) >= 11 is 5.05. The van der Waals surface area contributed by atoms with Crippen LogP contribution in [-0.4, -0.2) is 27.2 Å². The maximum Gasteiger partial charge on any atom is 0.423 e. The van der Waals surface area contributed by atoms with E-state index in [1.54, 1.807) is 26.0 Å². The molecule has 0 unspecified atom stereocenters. The van der Waals surface area contributed by atoms with E-state index in [4.69, 9.17) is 17.0 Å². The van der Waals surface area contributed by atoms with Crippen molar-refractivity contribution in [3.8, 4) is 0 Å². The van der Waals surface area contributed by atoms with Gasteiger partial charge in [0.1, 0.15) is 5.65 Å². The van der Waals surface area contributed by atoms with E-state index in [9.17, 15) is 9.59 Å². The zero-order valence-corrected chi connectivity index (χ0v) is 12.6. The highest BCUT2D eigenvalue weighted by Gasteiger charge is 2.16. The quantitative estimate of drug-likeness (QED) is 0.696. The molecule has 0 aliphatic rings. The predicted octanol–water partition coefficient (Wildman–Crippen LogP) is 2.50. The molecule has 0 atom stereocenters. The molecule has 0 aliphatic carbocycles. The number of hydrogen-bond donors (Lipinski definition) is 1. The lowest BCUT2D eigenvalue weighted by Crippen LogP contribution is -2.30. The Morgan fingerprint density at radius 2 is 2.33 bits per heavy atom. The number of nitrogens with one attached hydrogen (secondary N) is 1. The van der Waals surface area contributed by atoms with Crippen LogP contribution in [-0.2, 0) is 11.2 Å². The molecule has 0 amide bonds. The Balaban J connectivity index is 2.78. The zero-order chi connectivity index (χ0) is 15.6. The number of aromatic nitrogens is 3. The van der Waals surface area contributed by atoms with E-state index < -0.39 is 11.7 Å². The number of rotatable bonds is 3. The molecule has 2 heterocycles. The highest BCUT2D eigenvalue weighted by molar-refractivity contribution is 7.71. The molecule has 2 aromatic heterocycles. The Kier molecular flexibility index (Phi) is 4.32. The van der Waals surface area contributed by atoms with Gasteiger partial charge in [-0.2, -0.15) is 4.57 Å². The minimum Gasteiger partial charge on any atom is -0.449 e. The first-order chi connectivity index (χ1) is 9.99.